The lowest BCUT2D eigenvalue weighted by Crippen LogP contribution is -2.35. The smallest absolute Gasteiger partial charge is 0.207 e. The molecule has 62 valence electrons. The molecule has 0 amide bonds. The van der Waals surface area contributed by atoms with Crippen LogP contribution in [-0.4, -0.2) is 12.5 Å². The Labute approximate surface area is 63.0 Å². The highest BCUT2D eigenvalue weighted by Crippen LogP contribution is 2.43. The molecule has 0 spiro atoms. The van der Waals surface area contributed by atoms with E-state index in [9.17, 15) is 8.78 Å². The van der Waals surface area contributed by atoms with Crippen LogP contribution >= 0.6 is 0 Å². The summed E-state index contributed by atoms with van der Waals surface area (Å²) in [7, 11) is 0. The van der Waals surface area contributed by atoms with Crippen LogP contribution < -0.4 is 0 Å². The molecule has 0 bridgehead atoms. The molecule has 1 aliphatic carbocycles. The van der Waals surface area contributed by atoms with Crippen LogP contribution in [0.25, 0.3) is 10.4 Å². The molecule has 0 aliphatic heterocycles. The van der Waals surface area contributed by atoms with Gasteiger partial charge in [-0.3, -0.25) is 0 Å². The fraction of sp³-hybridized carbons (Fsp3) is 1.00. The van der Waals surface area contributed by atoms with E-state index in [4.69, 9.17) is 5.53 Å². The van der Waals surface area contributed by atoms with Gasteiger partial charge in [-0.1, -0.05) is 5.11 Å². The van der Waals surface area contributed by atoms with Crippen molar-refractivity contribution in [2.45, 2.75) is 25.2 Å². The number of azide groups is 1. The van der Waals surface area contributed by atoms with E-state index in [2.05, 4.69) is 10.0 Å². The van der Waals surface area contributed by atoms with Crippen molar-refractivity contribution < 1.29 is 8.78 Å². The van der Waals surface area contributed by atoms with Crippen LogP contribution in [-0.2, 0) is 0 Å². The SMILES string of the molecule is [N-]=[N+]=NCCC1CC(F)(F)C1. The fourth-order valence-electron chi connectivity index (χ4n) is 1.27. The number of alkyl halides is 2. The normalized spacial score (nSPS) is 22.0. The Bertz CT molecular complexity index is 178. The van der Waals surface area contributed by atoms with Crippen molar-refractivity contribution in [2.75, 3.05) is 6.54 Å². The van der Waals surface area contributed by atoms with Crippen molar-refractivity contribution in [3.63, 3.8) is 0 Å². The highest BCUT2D eigenvalue weighted by Gasteiger charge is 2.44. The van der Waals surface area contributed by atoms with Crippen molar-refractivity contribution >= 4 is 0 Å². The van der Waals surface area contributed by atoms with Gasteiger partial charge in [-0.15, -0.1) is 0 Å². The Morgan fingerprint density at radius 3 is 2.64 bits per heavy atom. The number of hydrogen-bond acceptors (Lipinski definition) is 1. The lowest BCUT2D eigenvalue weighted by Gasteiger charge is -2.34. The van der Waals surface area contributed by atoms with Gasteiger partial charge in [0.15, 0.2) is 0 Å². The maximum Gasteiger partial charge on any atom is 0.248 e. The first-order valence-electron chi connectivity index (χ1n) is 3.53. The van der Waals surface area contributed by atoms with E-state index in [1.165, 1.54) is 0 Å². The second-order valence-electron chi connectivity index (χ2n) is 2.87. The first kappa shape index (κ1) is 8.27. The van der Waals surface area contributed by atoms with E-state index >= 15 is 0 Å². The standard InChI is InChI=1S/C6H9F2N3/c7-6(8)3-5(4-6)1-2-10-11-9/h5H,1-4H2. The van der Waals surface area contributed by atoms with Crippen LogP contribution in [0.5, 0.6) is 0 Å². The number of hydrogen-bond donors (Lipinski definition) is 0. The topological polar surface area (TPSA) is 48.8 Å². The Morgan fingerprint density at radius 2 is 2.18 bits per heavy atom. The zero-order valence-electron chi connectivity index (χ0n) is 6.00. The Hall–Kier alpha value is -0.830. The Kier molecular flexibility index (Phi) is 2.29. The predicted octanol–water partition coefficient (Wildman–Crippen LogP) is 2.73. The average molecular weight is 161 g/mol. The molecule has 1 rings (SSSR count). The first-order valence-corrected chi connectivity index (χ1v) is 3.53. The van der Waals surface area contributed by atoms with Gasteiger partial charge in [0.05, 0.1) is 0 Å². The Balaban J connectivity index is 2.09. The molecule has 5 heteroatoms. The Morgan fingerprint density at radius 1 is 1.55 bits per heavy atom. The molecule has 0 N–H and O–H groups in total. The maximum atomic E-state index is 12.2. The summed E-state index contributed by atoms with van der Waals surface area (Å²) in [4.78, 5) is 2.54. The molecule has 1 fully saturated rings. The van der Waals surface area contributed by atoms with Gasteiger partial charge < -0.3 is 0 Å². The lowest BCUT2D eigenvalue weighted by atomic mass is 9.79. The van der Waals surface area contributed by atoms with Gasteiger partial charge in [0, 0.05) is 24.3 Å². The molecule has 0 atom stereocenters. The fourth-order valence-corrected chi connectivity index (χ4v) is 1.27. The molecular weight excluding hydrogens is 152 g/mol. The molecule has 3 nitrogen and oxygen atoms in total. The summed E-state index contributed by atoms with van der Waals surface area (Å²) in [5.74, 6) is -2.38. The third-order valence-corrected chi connectivity index (χ3v) is 1.88. The minimum atomic E-state index is -2.44. The van der Waals surface area contributed by atoms with Crippen molar-refractivity contribution in [3.05, 3.63) is 10.4 Å². The molecule has 0 aromatic carbocycles. The third-order valence-electron chi connectivity index (χ3n) is 1.88. The summed E-state index contributed by atoms with van der Waals surface area (Å²) < 4.78 is 24.4. The lowest BCUT2D eigenvalue weighted by molar-refractivity contribution is -0.111. The summed E-state index contributed by atoms with van der Waals surface area (Å²) in [5, 5.41) is 3.28. The van der Waals surface area contributed by atoms with E-state index in [1.807, 2.05) is 0 Å². The van der Waals surface area contributed by atoms with Gasteiger partial charge in [0.2, 0.25) is 5.92 Å². The molecule has 0 saturated heterocycles. The number of rotatable bonds is 3. The summed E-state index contributed by atoms with van der Waals surface area (Å²) in [5.41, 5.74) is 7.88. The van der Waals surface area contributed by atoms with Gasteiger partial charge >= 0.3 is 0 Å². The molecule has 1 saturated carbocycles. The highest BCUT2D eigenvalue weighted by molar-refractivity contribution is 4.86. The van der Waals surface area contributed by atoms with Crippen molar-refractivity contribution in [1.29, 1.82) is 0 Å². The quantitative estimate of drug-likeness (QED) is 0.347. The first-order chi connectivity index (χ1) is 5.14. The number of halogens is 2. The van der Waals surface area contributed by atoms with E-state index in [0.29, 0.717) is 13.0 Å². The maximum absolute atomic E-state index is 12.2. The van der Waals surface area contributed by atoms with Crippen LogP contribution in [0.15, 0.2) is 5.11 Å². The van der Waals surface area contributed by atoms with Crippen molar-refractivity contribution in [3.8, 4) is 0 Å². The third kappa shape index (κ3) is 2.35. The van der Waals surface area contributed by atoms with Gasteiger partial charge in [-0.05, 0) is 17.9 Å². The van der Waals surface area contributed by atoms with Gasteiger partial charge in [-0.2, -0.15) is 0 Å². The monoisotopic (exact) mass is 161 g/mol. The largest absolute Gasteiger partial charge is 0.248 e. The molecule has 0 aromatic rings. The summed E-state index contributed by atoms with van der Waals surface area (Å²) >= 11 is 0. The number of nitrogens with zero attached hydrogens (tertiary/aromatic N) is 3. The zero-order valence-corrected chi connectivity index (χ0v) is 6.00. The highest BCUT2D eigenvalue weighted by atomic mass is 19.3. The summed E-state index contributed by atoms with van der Waals surface area (Å²) in [6.07, 6.45) is 0.529. The second kappa shape index (κ2) is 3.05. The van der Waals surface area contributed by atoms with Crippen molar-refractivity contribution in [1.82, 2.24) is 0 Å². The summed E-state index contributed by atoms with van der Waals surface area (Å²) in [6.45, 7) is 0.344. The van der Waals surface area contributed by atoms with E-state index in [0.717, 1.165) is 0 Å². The van der Waals surface area contributed by atoms with E-state index < -0.39 is 5.92 Å². The van der Waals surface area contributed by atoms with Crippen LogP contribution in [0, 0.1) is 5.92 Å². The van der Waals surface area contributed by atoms with E-state index in [-0.39, 0.29) is 18.8 Å². The average Bonchev–Trinajstić information content (AvgIpc) is 1.84. The van der Waals surface area contributed by atoms with Gasteiger partial charge in [0.25, 0.3) is 0 Å². The molecule has 11 heavy (non-hydrogen) atoms. The minimum absolute atomic E-state index is 0.0338. The molecule has 0 unspecified atom stereocenters. The van der Waals surface area contributed by atoms with Crippen molar-refractivity contribution in [2.24, 2.45) is 11.0 Å². The molecule has 0 heterocycles. The molecular formula is C6H9F2N3. The minimum Gasteiger partial charge on any atom is -0.207 e. The summed E-state index contributed by atoms with van der Waals surface area (Å²) in [6, 6.07) is 0. The molecule has 0 radical (unpaired) electrons. The van der Waals surface area contributed by atoms with Gasteiger partial charge in [0.1, 0.15) is 0 Å². The second-order valence-corrected chi connectivity index (χ2v) is 2.87. The molecule has 0 aromatic heterocycles. The van der Waals surface area contributed by atoms with Gasteiger partial charge in [-0.25, -0.2) is 8.78 Å². The predicted molar refractivity (Wildman–Crippen MR) is 36.3 cm³/mol. The van der Waals surface area contributed by atoms with Crippen LogP contribution in [0.1, 0.15) is 19.3 Å². The van der Waals surface area contributed by atoms with Crippen LogP contribution in [0.4, 0.5) is 8.78 Å². The van der Waals surface area contributed by atoms with Crippen LogP contribution in [0.3, 0.4) is 0 Å². The van der Waals surface area contributed by atoms with E-state index in [1.54, 1.807) is 0 Å². The zero-order chi connectivity index (χ0) is 8.32. The van der Waals surface area contributed by atoms with Crippen LogP contribution in [0.2, 0.25) is 0 Å². The molecule has 1 aliphatic rings.